The average molecular weight is 494 g/mol. The van der Waals surface area contributed by atoms with Crippen molar-refractivity contribution in [2.24, 2.45) is 5.73 Å². The molecule has 0 unspecified atom stereocenters. The number of piperidine rings is 1. The quantitative estimate of drug-likeness (QED) is 0.377. The second-order valence-corrected chi connectivity index (χ2v) is 10.5. The molecule has 0 aliphatic carbocycles. The number of carbonyl (C=O) groups is 1. The molecule has 5 heteroatoms. The van der Waals surface area contributed by atoms with Crippen molar-refractivity contribution in [3.63, 3.8) is 0 Å². The second kappa shape index (κ2) is 10.3. The minimum Gasteiger partial charge on any atom is -0.497 e. The van der Waals surface area contributed by atoms with Crippen LogP contribution in [0, 0.1) is 13.8 Å². The van der Waals surface area contributed by atoms with Gasteiger partial charge in [0.1, 0.15) is 5.75 Å². The fourth-order valence-electron chi connectivity index (χ4n) is 6.03. The smallest absolute Gasteiger partial charge is 0.254 e. The number of aromatic nitrogens is 1. The van der Waals surface area contributed by atoms with Crippen LogP contribution in [0.1, 0.15) is 45.5 Å². The number of likely N-dealkylation sites (tertiary alicyclic amines) is 1. The van der Waals surface area contributed by atoms with Gasteiger partial charge >= 0.3 is 0 Å². The molecule has 2 N–H and O–H groups in total. The van der Waals surface area contributed by atoms with E-state index in [9.17, 15) is 4.79 Å². The molecule has 1 amide bonds. The standard InChI is InChI=1S/C32H35N3O2/c1-22-15-23(2)17-26(16-22)31(36)35-14-12-27(33)21-32(35,19-24-7-6-8-28(18-24)37-3)20-25-11-13-34-30-10-5-4-9-29(25)30/h4-11,13,15-18,27H,12,14,19-21,33H2,1-3H3/t27-,32+/m0/s1. The van der Waals surface area contributed by atoms with Crippen molar-refractivity contribution in [3.8, 4) is 5.75 Å². The van der Waals surface area contributed by atoms with Crippen LogP contribution in [0.15, 0.2) is 79.0 Å². The van der Waals surface area contributed by atoms with Gasteiger partial charge in [-0.15, -0.1) is 0 Å². The van der Waals surface area contributed by atoms with Gasteiger partial charge in [-0.1, -0.05) is 47.5 Å². The van der Waals surface area contributed by atoms with Crippen LogP contribution in [0.2, 0.25) is 0 Å². The van der Waals surface area contributed by atoms with Gasteiger partial charge in [-0.05, 0) is 87.1 Å². The number of hydrogen-bond donors (Lipinski definition) is 1. The molecule has 0 spiro atoms. The van der Waals surface area contributed by atoms with Crippen molar-refractivity contribution in [1.82, 2.24) is 9.88 Å². The summed E-state index contributed by atoms with van der Waals surface area (Å²) in [5, 5.41) is 1.12. The molecule has 1 aromatic heterocycles. The van der Waals surface area contributed by atoms with E-state index in [-0.39, 0.29) is 11.9 Å². The van der Waals surface area contributed by atoms with Crippen molar-refractivity contribution >= 4 is 16.8 Å². The predicted octanol–water partition coefficient (Wildman–Crippen LogP) is 5.65. The number of hydrogen-bond acceptors (Lipinski definition) is 4. The number of rotatable bonds is 6. The van der Waals surface area contributed by atoms with Crippen LogP contribution in [-0.4, -0.2) is 41.0 Å². The highest BCUT2D eigenvalue weighted by molar-refractivity contribution is 5.95. The van der Waals surface area contributed by atoms with Crippen LogP contribution in [0.4, 0.5) is 0 Å². The lowest BCUT2D eigenvalue weighted by Gasteiger charge is -2.50. The highest BCUT2D eigenvalue weighted by atomic mass is 16.5. The van der Waals surface area contributed by atoms with Gasteiger partial charge in [0, 0.05) is 29.7 Å². The molecule has 5 rings (SSSR count). The highest BCUT2D eigenvalue weighted by Gasteiger charge is 2.44. The fraction of sp³-hybridized carbons (Fsp3) is 0.312. The van der Waals surface area contributed by atoms with Gasteiger partial charge in [0.25, 0.3) is 5.91 Å². The molecule has 4 aromatic rings. The van der Waals surface area contributed by atoms with E-state index in [2.05, 4.69) is 40.2 Å². The fourth-order valence-corrected chi connectivity index (χ4v) is 6.03. The van der Waals surface area contributed by atoms with Crippen LogP contribution in [0.25, 0.3) is 10.9 Å². The maximum atomic E-state index is 14.2. The summed E-state index contributed by atoms with van der Waals surface area (Å²) in [6.07, 6.45) is 4.75. The zero-order chi connectivity index (χ0) is 26.0. The van der Waals surface area contributed by atoms with Gasteiger partial charge in [0.15, 0.2) is 0 Å². The van der Waals surface area contributed by atoms with Crippen LogP contribution in [0.5, 0.6) is 5.75 Å². The molecule has 5 nitrogen and oxygen atoms in total. The molecular weight excluding hydrogens is 458 g/mol. The Morgan fingerprint density at radius 1 is 1.03 bits per heavy atom. The Kier molecular flexibility index (Phi) is 6.98. The minimum absolute atomic E-state index is 0.0157. The van der Waals surface area contributed by atoms with Gasteiger partial charge in [-0.2, -0.15) is 0 Å². The summed E-state index contributed by atoms with van der Waals surface area (Å²) < 4.78 is 5.53. The highest BCUT2D eigenvalue weighted by Crippen LogP contribution is 2.38. The van der Waals surface area contributed by atoms with Gasteiger partial charge < -0.3 is 15.4 Å². The lowest BCUT2D eigenvalue weighted by atomic mass is 9.74. The number of pyridine rings is 1. The monoisotopic (exact) mass is 493 g/mol. The minimum atomic E-state index is -0.497. The molecule has 1 aliphatic rings. The normalized spacial score (nSPS) is 19.7. The Hall–Kier alpha value is -3.70. The average Bonchev–Trinajstić information content (AvgIpc) is 2.88. The van der Waals surface area contributed by atoms with Crippen molar-refractivity contribution in [2.45, 2.75) is 51.1 Å². The molecule has 1 aliphatic heterocycles. The number of nitrogens with two attached hydrogens (primary N) is 1. The summed E-state index contributed by atoms with van der Waals surface area (Å²) in [4.78, 5) is 20.9. The summed E-state index contributed by atoms with van der Waals surface area (Å²) in [7, 11) is 1.68. The van der Waals surface area contributed by atoms with E-state index in [1.54, 1.807) is 7.11 Å². The van der Waals surface area contributed by atoms with E-state index in [0.717, 1.165) is 51.7 Å². The third-order valence-corrected chi connectivity index (χ3v) is 7.58. The first kappa shape index (κ1) is 25.0. The van der Waals surface area contributed by atoms with E-state index in [4.69, 9.17) is 10.5 Å². The van der Waals surface area contributed by atoms with Crippen LogP contribution in [0.3, 0.4) is 0 Å². The topological polar surface area (TPSA) is 68.5 Å². The van der Waals surface area contributed by atoms with Gasteiger partial charge in [-0.3, -0.25) is 9.78 Å². The molecule has 2 atom stereocenters. The molecule has 3 aromatic carbocycles. The lowest BCUT2D eigenvalue weighted by molar-refractivity contribution is 0.0270. The van der Waals surface area contributed by atoms with Crippen molar-refractivity contribution in [2.75, 3.05) is 13.7 Å². The largest absolute Gasteiger partial charge is 0.497 e. The molecule has 1 fully saturated rings. The summed E-state index contributed by atoms with van der Waals surface area (Å²) >= 11 is 0. The Bertz CT molecular complexity index is 1410. The Morgan fingerprint density at radius 3 is 2.59 bits per heavy atom. The number of methoxy groups -OCH3 is 1. The van der Waals surface area contributed by atoms with E-state index in [1.165, 1.54) is 5.56 Å². The SMILES string of the molecule is COc1cccc(C[C@@]2(Cc3ccnc4ccccc34)C[C@@H](N)CCN2C(=O)c2cc(C)cc(C)c2)c1. The Balaban J connectivity index is 1.64. The first-order chi connectivity index (χ1) is 17.9. The zero-order valence-electron chi connectivity index (χ0n) is 21.9. The van der Waals surface area contributed by atoms with Crippen LogP contribution in [-0.2, 0) is 12.8 Å². The second-order valence-electron chi connectivity index (χ2n) is 10.5. The Labute approximate surface area is 219 Å². The number of carbonyl (C=O) groups excluding carboxylic acids is 1. The summed E-state index contributed by atoms with van der Waals surface area (Å²) in [5.74, 6) is 0.884. The first-order valence-electron chi connectivity index (χ1n) is 13.0. The Morgan fingerprint density at radius 2 is 1.81 bits per heavy atom. The molecule has 37 heavy (non-hydrogen) atoms. The maximum absolute atomic E-state index is 14.2. The van der Waals surface area contributed by atoms with E-state index >= 15 is 0 Å². The van der Waals surface area contributed by atoms with Crippen LogP contribution < -0.4 is 10.5 Å². The van der Waals surface area contributed by atoms with Gasteiger partial charge in [0.2, 0.25) is 0 Å². The zero-order valence-corrected chi connectivity index (χ0v) is 21.9. The summed E-state index contributed by atoms with van der Waals surface area (Å²) in [6, 6.07) is 24.6. The predicted molar refractivity (Wildman–Crippen MR) is 149 cm³/mol. The molecule has 0 bridgehead atoms. The number of nitrogens with zero attached hydrogens (tertiary/aromatic N) is 2. The third-order valence-electron chi connectivity index (χ3n) is 7.58. The molecule has 190 valence electrons. The number of benzene rings is 3. The first-order valence-corrected chi connectivity index (χ1v) is 13.0. The molecule has 0 radical (unpaired) electrons. The van der Waals surface area contributed by atoms with E-state index in [1.807, 2.05) is 62.5 Å². The van der Waals surface area contributed by atoms with Gasteiger partial charge in [-0.25, -0.2) is 0 Å². The molecule has 1 saturated heterocycles. The molecule has 0 saturated carbocycles. The van der Waals surface area contributed by atoms with Crippen molar-refractivity contribution in [3.05, 3.63) is 107 Å². The lowest BCUT2D eigenvalue weighted by Crippen LogP contribution is -2.61. The molecule has 2 heterocycles. The number of aryl methyl sites for hydroxylation is 2. The molecular formula is C32H35N3O2. The summed E-state index contributed by atoms with van der Waals surface area (Å²) in [6.45, 7) is 4.71. The number of fused-ring (bicyclic) bond motifs is 1. The third kappa shape index (κ3) is 5.23. The number of para-hydroxylation sites is 1. The summed E-state index contributed by atoms with van der Waals surface area (Å²) in [5.41, 5.74) is 12.4. The van der Waals surface area contributed by atoms with Crippen molar-refractivity contribution in [1.29, 1.82) is 0 Å². The van der Waals surface area contributed by atoms with E-state index in [0.29, 0.717) is 19.4 Å². The van der Waals surface area contributed by atoms with Crippen LogP contribution >= 0.6 is 0 Å². The van der Waals surface area contributed by atoms with Gasteiger partial charge in [0.05, 0.1) is 18.2 Å². The van der Waals surface area contributed by atoms with Crippen molar-refractivity contribution < 1.29 is 9.53 Å². The van der Waals surface area contributed by atoms with E-state index < -0.39 is 5.54 Å². The number of amides is 1. The maximum Gasteiger partial charge on any atom is 0.254 e. The number of ether oxygens (including phenoxy) is 1.